The van der Waals surface area contributed by atoms with E-state index in [0.29, 0.717) is 29.4 Å². The van der Waals surface area contributed by atoms with E-state index in [0.717, 1.165) is 16.5 Å². The normalized spacial score (nSPS) is 10.7. The molecule has 0 saturated heterocycles. The number of esters is 1. The Kier molecular flexibility index (Phi) is 4.98. The first-order chi connectivity index (χ1) is 10.1. The Morgan fingerprint density at radius 2 is 2.24 bits per heavy atom. The average Bonchev–Trinajstić information content (AvgIpc) is 2.44. The summed E-state index contributed by atoms with van der Waals surface area (Å²) in [6.07, 6.45) is 1.61. The number of halogens is 1. The highest BCUT2D eigenvalue weighted by molar-refractivity contribution is 6.31. The fraction of sp³-hybridized carbons (Fsp3) is 0.333. The van der Waals surface area contributed by atoms with Crippen molar-refractivity contribution in [1.29, 1.82) is 0 Å². The molecule has 0 aliphatic heterocycles. The van der Waals surface area contributed by atoms with E-state index in [9.17, 15) is 4.79 Å². The van der Waals surface area contributed by atoms with E-state index in [1.54, 1.807) is 19.2 Å². The van der Waals surface area contributed by atoms with Crippen molar-refractivity contribution in [2.24, 2.45) is 0 Å². The second-order valence-corrected chi connectivity index (χ2v) is 5.03. The summed E-state index contributed by atoms with van der Waals surface area (Å²) in [5.74, 6) is -0.422. The first kappa shape index (κ1) is 15.5. The highest BCUT2D eigenvalue weighted by Crippen LogP contribution is 2.29. The van der Waals surface area contributed by atoms with Gasteiger partial charge in [0, 0.05) is 17.1 Å². The van der Waals surface area contributed by atoms with Gasteiger partial charge in [-0.15, -0.1) is 0 Å². The van der Waals surface area contributed by atoms with Gasteiger partial charge in [0.15, 0.2) is 6.20 Å². The first-order valence-corrected chi connectivity index (χ1v) is 7.12. The molecule has 1 aromatic carbocycles. The van der Waals surface area contributed by atoms with Gasteiger partial charge in [0.1, 0.15) is 5.56 Å². The third kappa shape index (κ3) is 3.25. The van der Waals surface area contributed by atoms with Gasteiger partial charge in [0.2, 0.25) is 5.52 Å². The number of aliphatic hydroxyl groups excluding tert-OH is 1. The zero-order valence-electron chi connectivity index (χ0n) is 12.0. The maximum Gasteiger partial charge on any atom is 0.346 e. The molecule has 0 bridgehead atoms. The molecule has 1 heterocycles. The van der Waals surface area contributed by atoms with Gasteiger partial charge in [-0.1, -0.05) is 11.6 Å². The number of aromatic amines is 1. The van der Waals surface area contributed by atoms with Crippen LogP contribution in [0.25, 0.3) is 10.9 Å². The molecule has 6 heteroatoms. The van der Waals surface area contributed by atoms with E-state index in [2.05, 4.69) is 10.3 Å². The predicted molar refractivity (Wildman–Crippen MR) is 81.8 cm³/mol. The molecule has 0 radical (unpaired) electrons. The molecular weight excluding hydrogens is 292 g/mol. The van der Waals surface area contributed by atoms with Crippen molar-refractivity contribution in [1.82, 2.24) is 0 Å². The number of carbonyl (C=O) groups is 1. The molecule has 112 valence electrons. The van der Waals surface area contributed by atoms with Gasteiger partial charge in [-0.3, -0.25) is 0 Å². The lowest BCUT2D eigenvalue weighted by atomic mass is 10.1. The summed E-state index contributed by atoms with van der Waals surface area (Å²) in [6.45, 7) is 4.28. The number of H-pyrrole nitrogens is 1. The van der Waals surface area contributed by atoms with Crippen LogP contribution in [0.15, 0.2) is 18.3 Å². The van der Waals surface area contributed by atoms with Crippen LogP contribution in [0.5, 0.6) is 0 Å². The molecular formula is C15H18ClN2O3+. The third-order valence-corrected chi connectivity index (χ3v) is 3.33. The number of pyridine rings is 1. The fourth-order valence-electron chi connectivity index (χ4n) is 2.23. The number of hydrogen-bond acceptors (Lipinski definition) is 4. The lowest BCUT2D eigenvalue weighted by Gasteiger charge is -2.11. The molecule has 1 aromatic heterocycles. The maximum absolute atomic E-state index is 12.1. The smallest absolute Gasteiger partial charge is 0.346 e. The molecule has 21 heavy (non-hydrogen) atoms. The largest absolute Gasteiger partial charge is 0.462 e. The zero-order chi connectivity index (χ0) is 15.4. The van der Waals surface area contributed by atoms with Crippen molar-refractivity contribution in [3.63, 3.8) is 0 Å². The predicted octanol–water partition coefficient (Wildman–Crippen LogP) is 2.20. The van der Waals surface area contributed by atoms with E-state index >= 15 is 0 Å². The van der Waals surface area contributed by atoms with Gasteiger partial charge < -0.3 is 15.2 Å². The van der Waals surface area contributed by atoms with Gasteiger partial charge >= 0.3 is 5.97 Å². The third-order valence-electron chi connectivity index (χ3n) is 3.11. The molecule has 5 nitrogen and oxygen atoms in total. The second-order valence-electron chi connectivity index (χ2n) is 4.59. The topological polar surface area (TPSA) is 72.7 Å². The summed E-state index contributed by atoms with van der Waals surface area (Å²) >= 11 is 6.12. The van der Waals surface area contributed by atoms with Crippen molar-refractivity contribution in [3.8, 4) is 0 Å². The van der Waals surface area contributed by atoms with Crippen LogP contribution in [0.4, 0.5) is 5.69 Å². The summed E-state index contributed by atoms with van der Waals surface area (Å²) in [5, 5.41) is 13.5. The first-order valence-electron chi connectivity index (χ1n) is 6.74. The molecule has 3 N–H and O–H groups in total. The monoisotopic (exact) mass is 309 g/mol. The minimum Gasteiger partial charge on any atom is -0.462 e. The van der Waals surface area contributed by atoms with E-state index in [-0.39, 0.29) is 6.61 Å². The molecule has 2 rings (SSSR count). The van der Waals surface area contributed by atoms with Crippen LogP contribution >= 0.6 is 11.6 Å². The Balaban J connectivity index is 2.66. The fourth-order valence-corrected chi connectivity index (χ4v) is 2.51. The van der Waals surface area contributed by atoms with E-state index in [1.165, 1.54) is 0 Å². The van der Waals surface area contributed by atoms with Crippen LogP contribution in [0.1, 0.15) is 22.8 Å². The molecule has 0 aliphatic rings. The molecule has 0 amide bonds. The van der Waals surface area contributed by atoms with Gasteiger partial charge in [-0.25, -0.2) is 9.78 Å². The van der Waals surface area contributed by atoms with E-state index in [4.69, 9.17) is 21.4 Å². The van der Waals surface area contributed by atoms with Crippen LogP contribution in [0.3, 0.4) is 0 Å². The number of nitrogens with one attached hydrogen (secondary N) is 2. The lowest BCUT2D eigenvalue weighted by molar-refractivity contribution is -0.345. The zero-order valence-corrected chi connectivity index (χ0v) is 12.8. The minimum atomic E-state index is -0.422. The van der Waals surface area contributed by atoms with Crippen LogP contribution in [-0.4, -0.2) is 30.8 Å². The number of benzene rings is 1. The van der Waals surface area contributed by atoms with Crippen molar-refractivity contribution >= 4 is 34.2 Å². The SMILES string of the molecule is CCOC(=O)c1c[nH+]c2c(C)cc(Cl)cc2c1NCCO. The van der Waals surface area contributed by atoms with Crippen LogP contribution < -0.4 is 10.3 Å². The van der Waals surface area contributed by atoms with Crippen molar-refractivity contribution in [2.75, 3.05) is 25.1 Å². The minimum absolute atomic E-state index is 0.0398. The highest BCUT2D eigenvalue weighted by atomic mass is 35.5. The standard InChI is InChI=1S/C15H17ClN2O3/c1-3-21-15(20)12-8-18-13-9(2)6-10(16)7-11(13)14(12)17-4-5-19/h6-8,19H,3-5H2,1-2H3,(H,17,18)/p+1. The van der Waals surface area contributed by atoms with Crippen LogP contribution in [0, 0.1) is 6.92 Å². The number of fused-ring (bicyclic) bond motifs is 1. The van der Waals surface area contributed by atoms with Crippen molar-refractivity contribution < 1.29 is 19.6 Å². The van der Waals surface area contributed by atoms with Gasteiger partial charge in [-0.05, 0) is 26.0 Å². The quantitative estimate of drug-likeness (QED) is 0.831. The Hall–Kier alpha value is -1.85. The van der Waals surface area contributed by atoms with Crippen molar-refractivity contribution in [2.45, 2.75) is 13.8 Å². The van der Waals surface area contributed by atoms with Gasteiger partial charge in [0.25, 0.3) is 0 Å². The van der Waals surface area contributed by atoms with E-state index in [1.807, 2.05) is 13.0 Å². The summed E-state index contributed by atoms with van der Waals surface area (Å²) < 4.78 is 5.06. The molecule has 0 saturated carbocycles. The Morgan fingerprint density at radius 3 is 2.90 bits per heavy atom. The number of aliphatic hydroxyl groups is 1. The summed E-state index contributed by atoms with van der Waals surface area (Å²) in [5.41, 5.74) is 2.86. The molecule has 0 atom stereocenters. The number of anilines is 1. The molecule has 2 aromatic rings. The number of aromatic nitrogens is 1. The number of ether oxygens (including phenoxy) is 1. The highest BCUT2D eigenvalue weighted by Gasteiger charge is 2.21. The summed E-state index contributed by atoms with van der Waals surface area (Å²) in [6, 6.07) is 3.63. The number of hydrogen-bond donors (Lipinski definition) is 2. The number of carbonyl (C=O) groups excluding carboxylic acids is 1. The van der Waals surface area contributed by atoms with Gasteiger partial charge in [-0.2, -0.15) is 0 Å². The average molecular weight is 310 g/mol. The Labute approximate surface area is 127 Å². The van der Waals surface area contributed by atoms with Crippen LogP contribution in [0.2, 0.25) is 5.02 Å². The van der Waals surface area contributed by atoms with Crippen molar-refractivity contribution in [3.05, 3.63) is 34.5 Å². The summed E-state index contributed by atoms with van der Waals surface area (Å²) in [4.78, 5) is 15.2. The van der Waals surface area contributed by atoms with Gasteiger partial charge in [0.05, 0.1) is 24.3 Å². The molecule has 0 unspecified atom stereocenters. The molecule has 0 fully saturated rings. The number of rotatable bonds is 5. The molecule has 0 aliphatic carbocycles. The Bertz CT molecular complexity index is 674. The number of aryl methyl sites for hydroxylation is 1. The summed E-state index contributed by atoms with van der Waals surface area (Å²) in [7, 11) is 0. The lowest BCUT2D eigenvalue weighted by Crippen LogP contribution is -2.18. The second kappa shape index (κ2) is 6.74. The maximum atomic E-state index is 12.1. The molecule has 0 spiro atoms. The van der Waals surface area contributed by atoms with E-state index < -0.39 is 5.97 Å². The van der Waals surface area contributed by atoms with Crippen LogP contribution in [-0.2, 0) is 4.74 Å². The Morgan fingerprint density at radius 1 is 1.48 bits per heavy atom.